The Balaban J connectivity index is 2.33. The molecule has 1 aromatic carbocycles. The minimum Gasteiger partial charge on any atom is -0.383 e. The zero-order valence-corrected chi connectivity index (χ0v) is 10.0. The summed E-state index contributed by atoms with van der Waals surface area (Å²) < 4.78 is 14.6. The zero-order valence-electron chi connectivity index (χ0n) is 9.27. The van der Waals surface area contributed by atoms with Crippen LogP contribution in [0.15, 0.2) is 30.6 Å². The number of aliphatic hydroxyl groups excluding tert-OH is 1. The maximum atomic E-state index is 12.9. The van der Waals surface area contributed by atoms with Crippen LogP contribution in [-0.4, -0.2) is 14.9 Å². The molecule has 17 heavy (non-hydrogen) atoms. The number of aliphatic hydroxyl groups is 1. The van der Waals surface area contributed by atoms with Crippen molar-refractivity contribution in [3.8, 4) is 0 Å². The highest BCUT2D eigenvalue weighted by atomic mass is 35.5. The summed E-state index contributed by atoms with van der Waals surface area (Å²) in [5, 5.41) is 14.4. The van der Waals surface area contributed by atoms with Gasteiger partial charge in [0.1, 0.15) is 11.9 Å². The van der Waals surface area contributed by atoms with Crippen LogP contribution in [0.1, 0.15) is 24.2 Å². The SMILES string of the molecule is CCn1cc(C(O)c2ccc(F)cc2Cl)cn1. The first-order chi connectivity index (χ1) is 8.11. The summed E-state index contributed by atoms with van der Waals surface area (Å²) in [6.45, 7) is 2.68. The Labute approximate surface area is 103 Å². The van der Waals surface area contributed by atoms with E-state index in [1.165, 1.54) is 18.2 Å². The number of halogens is 2. The average molecular weight is 255 g/mol. The lowest BCUT2D eigenvalue weighted by Gasteiger charge is -2.10. The molecule has 1 atom stereocenters. The van der Waals surface area contributed by atoms with Gasteiger partial charge in [-0.2, -0.15) is 5.10 Å². The second-order valence-electron chi connectivity index (χ2n) is 3.70. The van der Waals surface area contributed by atoms with Crippen LogP contribution in [0.3, 0.4) is 0 Å². The fraction of sp³-hybridized carbons (Fsp3) is 0.250. The largest absolute Gasteiger partial charge is 0.383 e. The summed E-state index contributed by atoms with van der Waals surface area (Å²) in [6.07, 6.45) is 2.43. The summed E-state index contributed by atoms with van der Waals surface area (Å²) in [6, 6.07) is 3.94. The Morgan fingerprint density at radius 3 is 2.88 bits per heavy atom. The number of nitrogens with zero attached hydrogens (tertiary/aromatic N) is 2. The van der Waals surface area contributed by atoms with Crippen LogP contribution in [0, 0.1) is 5.82 Å². The molecule has 2 aromatic rings. The van der Waals surface area contributed by atoms with E-state index in [0.29, 0.717) is 11.1 Å². The third-order valence-corrected chi connectivity index (χ3v) is 2.88. The standard InChI is InChI=1S/C12H12ClFN2O/c1-2-16-7-8(6-15-16)12(17)10-4-3-9(14)5-11(10)13/h3-7,12,17H,2H2,1H3. The predicted octanol–water partition coefficient (Wildman–Crippen LogP) is 2.78. The van der Waals surface area contributed by atoms with Gasteiger partial charge < -0.3 is 5.11 Å². The first-order valence-electron chi connectivity index (χ1n) is 5.27. The maximum absolute atomic E-state index is 12.9. The van der Waals surface area contributed by atoms with E-state index in [2.05, 4.69) is 5.10 Å². The molecule has 0 bridgehead atoms. The molecule has 2 rings (SSSR count). The minimum atomic E-state index is -0.886. The number of hydrogen-bond donors (Lipinski definition) is 1. The van der Waals surface area contributed by atoms with Crippen molar-refractivity contribution in [3.05, 3.63) is 52.6 Å². The lowest BCUT2D eigenvalue weighted by atomic mass is 10.0. The van der Waals surface area contributed by atoms with Crippen molar-refractivity contribution in [2.45, 2.75) is 19.6 Å². The monoisotopic (exact) mass is 254 g/mol. The van der Waals surface area contributed by atoms with Gasteiger partial charge in [0.25, 0.3) is 0 Å². The summed E-state index contributed by atoms with van der Waals surface area (Å²) in [4.78, 5) is 0. The van der Waals surface area contributed by atoms with E-state index in [1.807, 2.05) is 6.92 Å². The quantitative estimate of drug-likeness (QED) is 0.915. The Morgan fingerprint density at radius 2 is 2.29 bits per heavy atom. The zero-order chi connectivity index (χ0) is 12.4. The third kappa shape index (κ3) is 2.48. The van der Waals surface area contributed by atoms with E-state index < -0.39 is 11.9 Å². The molecule has 0 saturated carbocycles. The lowest BCUT2D eigenvalue weighted by molar-refractivity contribution is 0.220. The first kappa shape index (κ1) is 12.1. The fourth-order valence-corrected chi connectivity index (χ4v) is 1.87. The van der Waals surface area contributed by atoms with Crippen molar-refractivity contribution in [2.75, 3.05) is 0 Å². The van der Waals surface area contributed by atoms with Gasteiger partial charge in [-0.3, -0.25) is 4.68 Å². The van der Waals surface area contributed by atoms with E-state index in [9.17, 15) is 9.50 Å². The van der Waals surface area contributed by atoms with Gasteiger partial charge in [-0.25, -0.2) is 4.39 Å². The highest BCUT2D eigenvalue weighted by molar-refractivity contribution is 6.31. The number of rotatable bonds is 3. The van der Waals surface area contributed by atoms with E-state index in [1.54, 1.807) is 17.1 Å². The van der Waals surface area contributed by atoms with Gasteiger partial charge in [0, 0.05) is 28.9 Å². The van der Waals surface area contributed by atoms with Crippen molar-refractivity contribution in [1.82, 2.24) is 9.78 Å². The van der Waals surface area contributed by atoms with Crippen LogP contribution in [0.25, 0.3) is 0 Å². The molecule has 0 radical (unpaired) electrons. The highest BCUT2D eigenvalue weighted by Crippen LogP contribution is 2.28. The first-order valence-corrected chi connectivity index (χ1v) is 5.65. The number of aryl methyl sites for hydroxylation is 1. The van der Waals surface area contributed by atoms with Gasteiger partial charge in [-0.1, -0.05) is 17.7 Å². The van der Waals surface area contributed by atoms with E-state index >= 15 is 0 Å². The number of aromatic nitrogens is 2. The summed E-state index contributed by atoms with van der Waals surface area (Å²) in [7, 11) is 0. The van der Waals surface area contributed by atoms with Crippen LogP contribution < -0.4 is 0 Å². The number of hydrogen-bond acceptors (Lipinski definition) is 2. The molecule has 1 N–H and O–H groups in total. The molecule has 0 aliphatic carbocycles. The van der Waals surface area contributed by atoms with Gasteiger partial charge in [0.2, 0.25) is 0 Å². The molecule has 0 fully saturated rings. The van der Waals surface area contributed by atoms with E-state index in [4.69, 9.17) is 11.6 Å². The van der Waals surface area contributed by atoms with Gasteiger partial charge in [-0.15, -0.1) is 0 Å². The Morgan fingerprint density at radius 1 is 1.53 bits per heavy atom. The third-order valence-electron chi connectivity index (χ3n) is 2.55. The lowest BCUT2D eigenvalue weighted by Crippen LogP contribution is -2.00. The maximum Gasteiger partial charge on any atom is 0.124 e. The number of benzene rings is 1. The van der Waals surface area contributed by atoms with Crippen LogP contribution in [0.4, 0.5) is 4.39 Å². The predicted molar refractivity (Wildman–Crippen MR) is 63.4 cm³/mol. The minimum absolute atomic E-state index is 0.210. The molecule has 90 valence electrons. The topological polar surface area (TPSA) is 38.0 Å². The van der Waals surface area contributed by atoms with Crippen molar-refractivity contribution >= 4 is 11.6 Å². The van der Waals surface area contributed by atoms with Gasteiger partial charge in [0.15, 0.2) is 0 Å². The van der Waals surface area contributed by atoms with E-state index in [0.717, 1.165) is 6.54 Å². The Bertz CT molecular complexity index is 527. The summed E-state index contributed by atoms with van der Waals surface area (Å²) in [5.74, 6) is -0.421. The fourth-order valence-electron chi connectivity index (χ4n) is 1.60. The van der Waals surface area contributed by atoms with Gasteiger partial charge in [-0.05, 0) is 19.1 Å². The van der Waals surface area contributed by atoms with E-state index in [-0.39, 0.29) is 5.02 Å². The second-order valence-corrected chi connectivity index (χ2v) is 4.10. The molecule has 1 unspecified atom stereocenters. The molecule has 5 heteroatoms. The average Bonchev–Trinajstić information content (AvgIpc) is 2.76. The van der Waals surface area contributed by atoms with Crippen LogP contribution in [0.5, 0.6) is 0 Å². The molecular weight excluding hydrogens is 243 g/mol. The molecule has 3 nitrogen and oxygen atoms in total. The molecule has 0 aliphatic heterocycles. The van der Waals surface area contributed by atoms with Crippen LogP contribution >= 0.6 is 11.6 Å². The van der Waals surface area contributed by atoms with Gasteiger partial charge in [0.05, 0.1) is 6.20 Å². The summed E-state index contributed by atoms with van der Waals surface area (Å²) >= 11 is 5.89. The second kappa shape index (κ2) is 4.85. The molecule has 0 amide bonds. The smallest absolute Gasteiger partial charge is 0.124 e. The molecule has 1 aromatic heterocycles. The Kier molecular flexibility index (Phi) is 3.45. The van der Waals surface area contributed by atoms with Crippen molar-refractivity contribution < 1.29 is 9.50 Å². The molecule has 0 spiro atoms. The Hall–Kier alpha value is -1.39. The molecular formula is C12H12ClFN2O. The highest BCUT2D eigenvalue weighted by Gasteiger charge is 2.16. The molecule has 0 aliphatic rings. The van der Waals surface area contributed by atoms with Crippen molar-refractivity contribution in [3.63, 3.8) is 0 Å². The van der Waals surface area contributed by atoms with Crippen LogP contribution in [-0.2, 0) is 6.54 Å². The summed E-state index contributed by atoms with van der Waals surface area (Å²) in [5.41, 5.74) is 1.11. The molecule has 1 heterocycles. The van der Waals surface area contributed by atoms with Crippen molar-refractivity contribution in [1.29, 1.82) is 0 Å². The molecule has 0 saturated heterocycles. The van der Waals surface area contributed by atoms with Crippen LogP contribution in [0.2, 0.25) is 5.02 Å². The van der Waals surface area contributed by atoms with Gasteiger partial charge >= 0.3 is 0 Å². The van der Waals surface area contributed by atoms with Crippen molar-refractivity contribution in [2.24, 2.45) is 0 Å². The normalized spacial score (nSPS) is 12.7.